The van der Waals surface area contributed by atoms with Gasteiger partial charge in [-0.2, -0.15) is 9.37 Å². The van der Waals surface area contributed by atoms with Gasteiger partial charge in [-0.3, -0.25) is 0 Å². The molecule has 0 unspecified atom stereocenters. The quantitative estimate of drug-likeness (QED) is 0.555. The number of halogens is 1. The van der Waals surface area contributed by atoms with Crippen LogP contribution < -0.4 is 5.73 Å². The zero-order valence-electron chi connectivity index (χ0n) is 5.28. The number of carbonyl (C=O) groups is 1. The van der Waals surface area contributed by atoms with Gasteiger partial charge in [0.05, 0.1) is 6.20 Å². The second-order valence-corrected chi connectivity index (χ2v) is 1.74. The van der Waals surface area contributed by atoms with Crippen LogP contribution in [0.5, 0.6) is 0 Å². The molecule has 0 bridgehead atoms. The van der Waals surface area contributed by atoms with Crippen molar-refractivity contribution in [1.29, 1.82) is 0 Å². The van der Waals surface area contributed by atoms with Gasteiger partial charge < -0.3 is 10.8 Å². The van der Waals surface area contributed by atoms with E-state index < -0.39 is 17.5 Å². The van der Waals surface area contributed by atoms with E-state index in [0.29, 0.717) is 0 Å². The molecule has 5 nitrogen and oxygen atoms in total. The Labute approximate surface area is 60.7 Å². The lowest BCUT2D eigenvalue weighted by Gasteiger charge is -1.94. The van der Waals surface area contributed by atoms with Crippen molar-refractivity contribution < 1.29 is 14.3 Å². The molecule has 6 heteroatoms. The van der Waals surface area contributed by atoms with Gasteiger partial charge in [-0.05, 0) is 0 Å². The van der Waals surface area contributed by atoms with Crippen molar-refractivity contribution in [3.8, 4) is 0 Å². The number of carboxylic acids is 1. The molecule has 1 aromatic rings. The molecule has 0 amide bonds. The second kappa shape index (κ2) is 2.49. The number of hydrogen-bond acceptors (Lipinski definition) is 4. The largest absolute Gasteiger partial charge is 0.477 e. The summed E-state index contributed by atoms with van der Waals surface area (Å²) in [6, 6.07) is 0. The SMILES string of the molecule is Nc1ncc(C(=O)O)c(F)n1. The zero-order valence-corrected chi connectivity index (χ0v) is 5.28. The standard InChI is InChI=1S/C5H4FN3O2/c6-3-2(4(10)11)1-8-5(7)9-3/h1H,(H,10,11)(H2,7,8,9). The summed E-state index contributed by atoms with van der Waals surface area (Å²) in [6.45, 7) is 0. The van der Waals surface area contributed by atoms with Crippen LogP contribution in [0.3, 0.4) is 0 Å². The Bertz CT molecular complexity index is 302. The van der Waals surface area contributed by atoms with Gasteiger partial charge in [0.25, 0.3) is 0 Å². The van der Waals surface area contributed by atoms with Crippen LogP contribution in [0, 0.1) is 5.95 Å². The molecule has 0 aliphatic carbocycles. The van der Waals surface area contributed by atoms with Crippen molar-refractivity contribution in [3.63, 3.8) is 0 Å². The topological polar surface area (TPSA) is 89.1 Å². The molecule has 3 N–H and O–H groups in total. The predicted octanol–water partition coefficient (Wildman–Crippen LogP) is -0.104. The Balaban J connectivity index is 3.20. The summed E-state index contributed by atoms with van der Waals surface area (Å²) in [5, 5.41) is 8.30. The van der Waals surface area contributed by atoms with E-state index in [2.05, 4.69) is 9.97 Å². The predicted molar refractivity (Wildman–Crippen MR) is 33.4 cm³/mol. The fraction of sp³-hybridized carbons (Fsp3) is 0. The average Bonchev–Trinajstić information content (AvgIpc) is 1.85. The summed E-state index contributed by atoms with van der Waals surface area (Å²) in [5.74, 6) is -2.82. The molecule has 11 heavy (non-hydrogen) atoms. The Kier molecular flexibility index (Phi) is 1.67. The average molecular weight is 157 g/mol. The molecule has 0 fully saturated rings. The lowest BCUT2D eigenvalue weighted by Crippen LogP contribution is -2.06. The number of rotatable bonds is 1. The van der Waals surface area contributed by atoms with Crippen molar-refractivity contribution in [1.82, 2.24) is 9.97 Å². The molecule has 0 saturated heterocycles. The molecule has 0 saturated carbocycles. The first-order chi connectivity index (χ1) is 5.11. The number of nitrogen functional groups attached to an aromatic ring is 1. The summed E-state index contributed by atoms with van der Waals surface area (Å²) in [6.07, 6.45) is 0.819. The fourth-order valence-electron chi connectivity index (χ4n) is 0.517. The number of nitrogens with two attached hydrogens (primary N) is 1. The molecular formula is C5H4FN3O2. The van der Waals surface area contributed by atoms with E-state index in [0.717, 1.165) is 6.20 Å². The van der Waals surface area contributed by atoms with Gasteiger partial charge in [0.1, 0.15) is 5.56 Å². The first-order valence-corrected chi connectivity index (χ1v) is 2.62. The molecule has 0 spiro atoms. The van der Waals surface area contributed by atoms with Crippen LogP contribution >= 0.6 is 0 Å². The van der Waals surface area contributed by atoms with Crippen molar-refractivity contribution >= 4 is 11.9 Å². The smallest absolute Gasteiger partial charge is 0.341 e. The number of hydrogen-bond donors (Lipinski definition) is 2. The first-order valence-electron chi connectivity index (χ1n) is 2.62. The minimum Gasteiger partial charge on any atom is -0.477 e. The molecule has 0 aromatic carbocycles. The third-order valence-electron chi connectivity index (χ3n) is 0.991. The number of anilines is 1. The maximum absolute atomic E-state index is 12.5. The third-order valence-corrected chi connectivity index (χ3v) is 0.991. The van der Waals surface area contributed by atoms with Crippen LogP contribution in [0.25, 0.3) is 0 Å². The van der Waals surface area contributed by atoms with Gasteiger partial charge in [0, 0.05) is 0 Å². The van der Waals surface area contributed by atoms with E-state index >= 15 is 0 Å². The molecule has 0 aliphatic rings. The zero-order chi connectivity index (χ0) is 8.43. The van der Waals surface area contributed by atoms with E-state index in [4.69, 9.17) is 10.8 Å². The van der Waals surface area contributed by atoms with Gasteiger partial charge in [0.2, 0.25) is 11.9 Å². The van der Waals surface area contributed by atoms with Crippen LogP contribution in [0.15, 0.2) is 6.20 Å². The van der Waals surface area contributed by atoms with E-state index in [1.54, 1.807) is 0 Å². The number of aromatic carboxylic acids is 1. The van der Waals surface area contributed by atoms with Crippen molar-refractivity contribution in [2.75, 3.05) is 5.73 Å². The Hall–Kier alpha value is -1.72. The Morgan fingerprint density at radius 2 is 2.36 bits per heavy atom. The van der Waals surface area contributed by atoms with Crippen LogP contribution in [-0.4, -0.2) is 21.0 Å². The van der Waals surface area contributed by atoms with Gasteiger partial charge in [-0.15, -0.1) is 0 Å². The normalized spacial score (nSPS) is 9.55. The monoisotopic (exact) mass is 157 g/mol. The minimum atomic E-state index is -1.41. The molecule has 0 aliphatic heterocycles. The molecule has 1 heterocycles. The van der Waals surface area contributed by atoms with Crippen LogP contribution in [0.1, 0.15) is 10.4 Å². The number of nitrogens with zero attached hydrogens (tertiary/aromatic N) is 2. The summed E-state index contributed by atoms with van der Waals surface area (Å²) >= 11 is 0. The van der Waals surface area contributed by atoms with E-state index in [1.807, 2.05) is 0 Å². The summed E-state index contributed by atoms with van der Waals surface area (Å²) in [7, 11) is 0. The minimum absolute atomic E-state index is 0.285. The highest BCUT2D eigenvalue weighted by Gasteiger charge is 2.11. The van der Waals surface area contributed by atoms with Crippen molar-refractivity contribution in [3.05, 3.63) is 17.7 Å². The van der Waals surface area contributed by atoms with Gasteiger partial charge in [-0.25, -0.2) is 9.78 Å². The molecule has 0 radical (unpaired) electrons. The summed E-state index contributed by atoms with van der Waals surface area (Å²) in [5.41, 5.74) is 4.39. The maximum Gasteiger partial charge on any atom is 0.341 e. The van der Waals surface area contributed by atoms with E-state index in [9.17, 15) is 9.18 Å². The van der Waals surface area contributed by atoms with Gasteiger partial charge in [0.15, 0.2) is 0 Å². The number of carboxylic acid groups (broad SMARTS) is 1. The summed E-state index contributed by atoms with van der Waals surface area (Å²) in [4.78, 5) is 16.5. The lowest BCUT2D eigenvalue weighted by molar-refractivity contribution is 0.0690. The number of aromatic nitrogens is 2. The molecule has 1 rings (SSSR count). The van der Waals surface area contributed by atoms with Crippen molar-refractivity contribution in [2.45, 2.75) is 0 Å². The van der Waals surface area contributed by atoms with E-state index in [1.165, 1.54) is 0 Å². The molecular weight excluding hydrogens is 153 g/mol. The third kappa shape index (κ3) is 1.40. The Morgan fingerprint density at radius 1 is 1.73 bits per heavy atom. The van der Waals surface area contributed by atoms with Gasteiger partial charge >= 0.3 is 5.97 Å². The lowest BCUT2D eigenvalue weighted by atomic mass is 10.3. The highest BCUT2D eigenvalue weighted by molar-refractivity contribution is 5.87. The van der Waals surface area contributed by atoms with Crippen LogP contribution in [-0.2, 0) is 0 Å². The maximum atomic E-state index is 12.5. The summed E-state index contributed by atoms with van der Waals surface area (Å²) < 4.78 is 12.5. The first kappa shape index (κ1) is 7.39. The molecule has 0 atom stereocenters. The Morgan fingerprint density at radius 3 is 2.82 bits per heavy atom. The van der Waals surface area contributed by atoms with Crippen LogP contribution in [0.4, 0.5) is 10.3 Å². The molecule has 1 aromatic heterocycles. The van der Waals surface area contributed by atoms with Crippen molar-refractivity contribution in [2.24, 2.45) is 0 Å². The highest BCUT2D eigenvalue weighted by atomic mass is 19.1. The highest BCUT2D eigenvalue weighted by Crippen LogP contribution is 2.03. The fourth-order valence-corrected chi connectivity index (χ4v) is 0.517. The van der Waals surface area contributed by atoms with Crippen LogP contribution in [0.2, 0.25) is 0 Å². The van der Waals surface area contributed by atoms with Gasteiger partial charge in [-0.1, -0.05) is 0 Å². The molecule has 58 valence electrons. The second-order valence-electron chi connectivity index (χ2n) is 1.74. The van der Waals surface area contributed by atoms with E-state index in [-0.39, 0.29) is 5.95 Å².